The second-order valence-corrected chi connectivity index (χ2v) is 12.7. The maximum Gasteiger partial charge on any atom is 0.323 e. The standard InChI is InChI=1S/C31H52N10O12/c1-32(21-42)11-22(43)33(2)12-23(44)34(3)13-24(45)35(4)14-25(46)36(5)15-26(47)37(6)16-27(48)38(7)17-28(49)39(8)18-29(50)40(9)19-30(51)41(10)20-31(52)53/h21H,11-20H2,1-10H3,(H,52,53). The van der Waals surface area contributed by atoms with Crippen LogP contribution in [0.25, 0.3) is 0 Å². The van der Waals surface area contributed by atoms with Crippen LogP contribution in [0, 0.1) is 0 Å². The van der Waals surface area contributed by atoms with E-state index in [1.54, 1.807) is 0 Å². The van der Waals surface area contributed by atoms with Crippen LogP contribution in [0.5, 0.6) is 0 Å². The largest absolute Gasteiger partial charge is 0.480 e. The fourth-order valence-corrected chi connectivity index (χ4v) is 3.96. The van der Waals surface area contributed by atoms with Crippen LogP contribution in [0.15, 0.2) is 0 Å². The average Bonchev–Trinajstić information content (AvgIpc) is 3.06. The highest BCUT2D eigenvalue weighted by Gasteiger charge is 2.26. The van der Waals surface area contributed by atoms with Crippen molar-refractivity contribution in [2.75, 3.05) is 136 Å². The number of carbonyl (C=O) groups is 11. The lowest BCUT2D eigenvalue weighted by atomic mass is 10.3. The van der Waals surface area contributed by atoms with Crippen molar-refractivity contribution in [3.63, 3.8) is 0 Å². The van der Waals surface area contributed by atoms with Crippen LogP contribution >= 0.6 is 0 Å². The summed E-state index contributed by atoms with van der Waals surface area (Å²) in [4.78, 5) is 145. The lowest BCUT2D eigenvalue weighted by Crippen LogP contribution is -2.49. The van der Waals surface area contributed by atoms with Crippen molar-refractivity contribution < 1.29 is 57.8 Å². The Morgan fingerprint density at radius 1 is 0.321 bits per heavy atom. The molecule has 0 heterocycles. The van der Waals surface area contributed by atoms with Gasteiger partial charge in [0.2, 0.25) is 59.6 Å². The van der Waals surface area contributed by atoms with E-state index in [2.05, 4.69) is 0 Å². The Morgan fingerprint density at radius 3 is 0.623 bits per heavy atom. The molecule has 10 amide bonds. The number of hydrogen-bond donors (Lipinski definition) is 1. The van der Waals surface area contributed by atoms with E-state index >= 15 is 0 Å². The number of nitrogens with zero attached hydrogens (tertiary/aromatic N) is 10. The van der Waals surface area contributed by atoms with E-state index in [-0.39, 0.29) is 13.1 Å². The molecule has 0 aliphatic carbocycles. The topological polar surface area (TPSA) is 240 Å². The summed E-state index contributed by atoms with van der Waals surface area (Å²) < 4.78 is 0. The zero-order valence-electron chi connectivity index (χ0n) is 32.1. The maximum atomic E-state index is 12.8. The molecule has 0 saturated carbocycles. The first-order valence-electron chi connectivity index (χ1n) is 15.9. The quantitative estimate of drug-likeness (QED) is 0.108. The van der Waals surface area contributed by atoms with E-state index in [4.69, 9.17) is 5.11 Å². The summed E-state index contributed by atoms with van der Waals surface area (Å²) >= 11 is 0. The second-order valence-electron chi connectivity index (χ2n) is 12.7. The highest BCUT2D eigenvalue weighted by molar-refractivity contribution is 5.93. The minimum atomic E-state index is -1.22. The van der Waals surface area contributed by atoms with Crippen LogP contribution in [-0.2, 0) is 52.7 Å². The average molecular weight is 757 g/mol. The Balaban J connectivity index is 4.86. The number of amides is 10. The molecule has 0 spiro atoms. The molecule has 298 valence electrons. The predicted molar refractivity (Wildman–Crippen MR) is 185 cm³/mol. The van der Waals surface area contributed by atoms with Gasteiger partial charge in [0.15, 0.2) is 0 Å². The van der Waals surface area contributed by atoms with E-state index in [0.29, 0.717) is 6.41 Å². The number of carboxylic acid groups (broad SMARTS) is 1. The van der Waals surface area contributed by atoms with Crippen LogP contribution < -0.4 is 0 Å². The van der Waals surface area contributed by atoms with E-state index in [0.717, 1.165) is 49.0 Å². The summed E-state index contributed by atoms with van der Waals surface area (Å²) in [5.41, 5.74) is 0. The van der Waals surface area contributed by atoms with Gasteiger partial charge < -0.3 is 54.1 Å². The number of likely N-dealkylation sites (N-methyl/N-ethyl adjacent to an activating group) is 10. The van der Waals surface area contributed by atoms with Crippen molar-refractivity contribution in [1.29, 1.82) is 0 Å². The first-order valence-corrected chi connectivity index (χ1v) is 15.9. The van der Waals surface area contributed by atoms with Crippen LogP contribution in [0.3, 0.4) is 0 Å². The number of hydrogen-bond acceptors (Lipinski definition) is 11. The van der Waals surface area contributed by atoms with Crippen molar-refractivity contribution in [1.82, 2.24) is 49.0 Å². The van der Waals surface area contributed by atoms with E-state index < -0.39 is 111 Å². The lowest BCUT2D eigenvalue weighted by Gasteiger charge is -2.27. The summed E-state index contributed by atoms with van der Waals surface area (Å²) in [6.07, 6.45) is 0.467. The van der Waals surface area contributed by atoms with Crippen LogP contribution in [0.1, 0.15) is 0 Å². The Morgan fingerprint density at radius 2 is 0.472 bits per heavy atom. The van der Waals surface area contributed by atoms with Gasteiger partial charge >= 0.3 is 5.97 Å². The van der Waals surface area contributed by atoms with Crippen molar-refractivity contribution in [2.45, 2.75) is 0 Å². The molecular formula is C31H52N10O12. The Hall–Kier alpha value is -5.83. The molecule has 0 aromatic heterocycles. The van der Waals surface area contributed by atoms with Gasteiger partial charge in [0.25, 0.3) is 0 Å². The summed E-state index contributed by atoms with van der Waals surface area (Å²) in [6.45, 7) is -4.13. The fraction of sp³-hybridized carbons (Fsp3) is 0.645. The van der Waals surface area contributed by atoms with Gasteiger partial charge in [0, 0.05) is 70.5 Å². The highest BCUT2D eigenvalue weighted by atomic mass is 16.4. The normalized spacial score (nSPS) is 10.2. The van der Waals surface area contributed by atoms with Gasteiger partial charge in [-0.05, 0) is 0 Å². The molecule has 0 rings (SSSR count). The van der Waals surface area contributed by atoms with Gasteiger partial charge in [0.05, 0.1) is 58.9 Å². The number of rotatable bonds is 21. The molecule has 0 bridgehead atoms. The van der Waals surface area contributed by atoms with Gasteiger partial charge in [-0.25, -0.2) is 0 Å². The van der Waals surface area contributed by atoms with Crippen molar-refractivity contribution in [3.05, 3.63) is 0 Å². The zero-order valence-corrected chi connectivity index (χ0v) is 32.1. The maximum absolute atomic E-state index is 12.8. The second kappa shape index (κ2) is 22.2. The monoisotopic (exact) mass is 756 g/mol. The third kappa shape index (κ3) is 17.3. The van der Waals surface area contributed by atoms with E-state index in [1.165, 1.54) is 70.5 Å². The first kappa shape index (κ1) is 47.2. The summed E-state index contributed by atoms with van der Waals surface area (Å²) in [7, 11) is 13.3. The highest BCUT2D eigenvalue weighted by Crippen LogP contribution is 2.00. The van der Waals surface area contributed by atoms with Crippen LogP contribution in [0.4, 0.5) is 0 Å². The minimum Gasteiger partial charge on any atom is -0.480 e. The van der Waals surface area contributed by atoms with Gasteiger partial charge in [-0.1, -0.05) is 0 Å². The SMILES string of the molecule is CN(C=O)CC(=O)N(C)CC(=O)N(C)CC(=O)N(C)CC(=O)N(C)CC(=O)N(C)CC(=O)N(C)CC(=O)N(C)CC(=O)N(C)CC(=O)N(C)CC(=O)O. The number of aliphatic carboxylic acids is 1. The third-order valence-corrected chi connectivity index (χ3v) is 7.75. The summed E-state index contributed by atoms with van der Waals surface area (Å²) in [6, 6.07) is 0. The third-order valence-electron chi connectivity index (χ3n) is 7.75. The molecule has 0 unspecified atom stereocenters. The van der Waals surface area contributed by atoms with Crippen LogP contribution in [-0.4, -0.2) is 256 Å². The first-order chi connectivity index (χ1) is 24.4. The predicted octanol–water partition coefficient (Wildman–Crippen LogP) is -5.72. The molecule has 53 heavy (non-hydrogen) atoms. The molecule has 0 radical (unpaired) electrons. The zero-order chi connectivity index (χ0) is 41.3. The molecule has 22 nitrogen and oxygen atoms in total. The van der Waals surface area contributed by atoms with Gasteiger partial charge in [0.1, 0.15) is 6.54 Å². The summed E-state index contributed by atoms with van der Waals surface area (Å²) in [5, 5.41) is 8.80. The Bertz CT molecular complexity index is 1410. The lowest BCUT2D eigenvalue weighted by molar-refractivity contribution is -0.147. The number of carbonyl (C=O) groups excluding carboxylic acids is 10. The molecule has 0 aromatic rings. The molecule has 0 aliphatic heterocycles. The minimum absolute atomic E-state index is 0.228. The van der Waals surface area contributed by atoms with Gasteiger partial charge in [-0.15, -0.1) is 0 Å². The van der Waals surface area contributed by atoms with Gasteiger partial charge in [-0.3, -0.25) is 52.7 Å². The molecular weight excluding hydrogens is 704 g/mol. The smallest absolute Gasteiger partial charge is 0.323 e. The molecule has 0 saturated heterocycles. The van der Waals surface area contributed by atoms with Crippen molar-refractivity contribution >= 4 is 65.5 Å². The molecule has 0 atom stereocenters. The molecule has 0 aromatic carbocycles. The van der Waals surface area contributed by atoms with E-state index in [1.807, 2.05) is 0 Å². The molecule has 0 fully saturated rings. The molecule has 0 aliphatic rings. The van der Waals surface area contributed by atoms with Crippen molar-refractivity contribution in [2.24, 2.45) is 0 Å². The Kier molecular flexibility index (Phi) is 19.7. The summed E-state index contributed by atoms with van der Waals surface area (Å²) in [5.74, 6) is -6.57. The Labute approximate surface area is 308 Å². The molecule has 1 N–H and O–H groups in total. The van der Waals surface area contributed by atoms with E-state index in [9.17, 15) is 52.7 Å². The van der Waals surface area contributed by atoms with Crippen molar-refractivity contribution in [3.8, 4) is 0 Å². The van der Waals surface area contributed by atoms with Crippen LogP contribution in [0.2, 0.25) is 0 Å². The fourth-order valence-electron chi connectivity index (χ4n) is 3.96. The number of carboxylic acids is 1. The van der Waals surface area contributed by atoms with Gasteiger partial charge in [-0.2, -0.15) is 0 Å². The molecule has 22 heteroatoms.